The lowest BCUT2D eigenvalue weighted by Gasteiger charge is -2.35. The Morgan fingerprint density at radius 1 is 1.19 bits per heavy atom. The van der Waals surface area contributed by atoms with Gasteiger partial charge in [-0.3, -0.25) is 4.98 Å². The summed E-state index contributed by atoms with van der Waals surface area (Å²) in [5.41, 5.74) is 1.30. The van der Waals surface area contributed by atoms with Gasteiger partial charge in [-0.25, -0.2) is 9.37 Å². The number of azo groups is 1. The van der Waals surface area contributed by atoms with E-state index in [0.29, 0.717) is 42.5 Å². The van der Waals surface area contributed by atoms with Crippen LogP contribution in [0.15, 0.2) is 52.8 Å². The zero-order valence-corrected chi connectivity index (χ0v) is 20.6. The molecule has 1 atom stereocenters. The Kier molecular flexibility index (Phi) is 7.96. The van der Waals surface area contributed by atoms with E-state index in [9.17, 15) is 17.6 Å². The molecule has 196 valence electrons. The van der Waals surface area contributed by atoms with Gasteiger partial charge in [-0.2, -0.15) is 23.3 Å². The number of ether oxygens (including phenoxy) is 1. The van der Waals surface area contributed by atoms with Crippen molar-refractivity contribution < 1.29 is 22.3 Å². The number of anilines is 3. The number of aryl methyl sites for hydroxylation is 1. The SMILES string of the molecule is Cc1nc(CN=Nc2ncc(F)c(N3CCOC(C(C)C)C3)n2)ccc1Nc1cccc(C(F)(F)F)c1. The molecule has 1 N–H and O–H groups in total. The van der Waals surface area contributed by atoms with Crippen LogP contribution < -0.4 is 10.2 Å². The van der Waals surface area contributed by atoms with Crippen molar-refractivity contribution in [3.63, 3.8) is 0 Å². The van der Waals surface area contributed by atoms with Crippen molar-refractivity contribution in [3.05, 3.63) is 65.4 Å². The summed E-state index contributed by atoms with van der Waals surface area (Å²) in [6.07, 6.45) is -3.37. The molecule has 37 heavy (non-hydrogen) atoms. The summed E-state index contributed by atoms with van der Waals surface area (Å²) in [7, 11) is 0. The van der Waals surface area contributed by atoms with Crippen LogP contribution in [0.2, 0.25) is 0 Å². The number of hydrogen-bond acceptors (Lipinski definition) is 8. The lowest BCUT2D eigenvalue weighted by Crippen LogP contribution is -2.45. The van der Waals surface area contributed by atoms with Crippen molar-refractivity contribution in [2.75, 3.05) is 29.9 Å². The van der Waals surface area contributed by atoms with Gasteiger partial charge in [-0.05, 0) is 43.2 Å². The number of halogens is 4. The van der Waals surface area contributed by atoms with E-state index in [-0.39, 0.29) is 30.3 Å². The number of benzene rings is 1. The predicted octanol–water partition coefficient (Wildman–Crippen LogP) is 6.23. The van der Waals surface area contributed by atoms with Crippen LogP contribution in [0, 0.1) is 18.7 Å². The third-order valence-electron chi connectivity index (χ3n) is 5.85. The average molecular weight is 518 g/mol. The molecule has 0 spiro atoms. The lowest BCUT2D eigenvalue weighted by molar-refractivity contribution is -0.137. The summed E-state index contributed by atoms with van der Waals surface area (Å²) in [6.45, 7) is 7.46. The van der Waals surface area contributed by atoms with Crippen molar-refractivity contribution in [1.29, 1.82) is 0 Å². The molecule has 0 bridgehead atoms. The molecule has 4 rings (SSSR count). The molecular weight excluding hydrogens is 490 g/mol. The first-order chi connectivity index (χ1) is 17.6. The molecular formula is C25H27F4N7O. The third kappa shape index (κ3) is 6.76. The molecule has 12 heteroatoms. The van der Waals surface area contributed by atoms with Crippen molar-refractivity contribution in [3.8, 4) is 0 Å². The molecule has 0 radical (unpaired) electrons. The minimum atomic E-state index is -4.42. The highest BCUT2D eigenvalue weighted by Gasteiger charge is 2.30. The van der Waals surface area contributed by atoms with Gasteiger partial charge in [0.15, 0.2) is 11.6 Å². The van der Waals surface area contributed by atoms with Crippen molar-refractivity contribution in [2.45, 2.75) is 39.6 Å². The summed E-state index contributed by atoms with van der Waals surface area (Å²) in [5.74, 6) is -0.0561. The van der Waals surface area contributed by atoms with E-state index < -0.39 is 17.6 Å². The quantitative estimate of drug-likeness (QED) is 0.295. The van der Waals surface area contributed by atoms with Crippen LogP contribution >= 0.6 is 0 Å². The van der Waals surface area contributed by atoms with E-state index in [2.05, 4.69) is 30.5 Å². The van der Waals surface area contributed by atoms with Crippen molar-refractivity contribution in [2.24, 2.45) is 16.1 Å². The highest BCUT2D eigenvalue weighted by Crippen LogP contribution is 2.32. The standard InChI is InChI=1S/C25H27F4N7O/c1-15(2)22-14-36(9-10-37-22)23-20(26)13-30-24(34-23)35-31-12-19-7-8-21(16(3)32-19)33-18-6-4-5-17(11-18)25(27,28)29/h4-8,11,13,15,22,33H,9-10,12,14H2,1-3H3. The summed E-state index contributed by atoms with van der Waals surface area (Å²) in [6, 6.07) is 8.35. The lowest BCUT2D eigenvalue weighted by atomic mass is 10.1. The van der Waals surface area contributed by atoms with Crippen LogP contribution in [0.1, 0.15) is 30.8 Å². The number of pyridine rings is 1. The fourth-order valence-electron chi connectivity index (χ4n) is 3.82. The van der Waals surface area contributed by atoms with E-state index in [1.165, 1.54) is 6.07 Å². The normalized spacial score (nSPS) is 16.5. The van der Waals surface area contributed by atoms with Crippen molar-refractivity contribution >= 4 is 23.1 Å². The van der Waals surface area contributed by atoms with E-state index in [4.69, 9.17) is 4.74 Å². The largest absolute Gasteiger partial charge is 0.416 e. The van der Waals surface area contributed by atoms with E-state index in [1.807, 2.05) is 18.7 Å². The number of morpholine rings is 1. The minimum Gasteiger partial charge on any atom is -0.374 e. The van der Waals surface area contributed by atoms with Crippen LogP contribution in [-0.2, 0) is 17.5 Å². The van der Waals surface area contributed by atoms with E-state index in [1.54, 1.807) is 25.1 Å². The molecule has 1 aliphatic rings. The van der Waals surface area contributed by atoms with E-state index >= 15 is 0 Å². The Hall–Kier alpha value is -3.67. The predicted molar refractivity (Wildman–Crippen MR) is 131 cm³/mol. The van der Waals surface area contributed by atoms with Gasteiger partial charge in [0, 0.05) is 18.8 Å². The summed E-state index contributed by atoms with van der Waals surface area (Å²) >= 11 is 0. The second kappa shape index (κ2) is 11.2. The maximum Gasteiger partial charge on any atom is 0.416 e. The number of aromatic nitrogens is 3. The van der Waals surface area contributed by atoms with Gasteiger partial charge in [-0.15, -0.1) is 5.11 Å². The second-order valence-electron chi connectivity index (χ2n) is 8.98. The number of nitrogens with one attached hydrogen (secondary N) is 1. The molecule has 3 heterocycles. The molecule has 2 aromatic heterocycles. The van der Waals surface area contributed by atoms with E-state index in [0.717, 1.165) is 18.3 Å². The molecule has 3 aromatic rings. The summed E-state index contributed by atoms with van der Waals surface area (Å²) in [5, 5.41) is 11.1. The van der Waals surface area contributed by atoms with Gasteiger partial charge in [0.25, 0.3) is 5.95 Å². The van der Waals surface area contributed by atoms with Crippen LogP contribution in [0.4, 0.5) is 40.7 Å². The van der Waals surface area contributed by atoms with Gasteiger partial charge < -0.3 is 15.0 Å². The Bertz CT molecular complexity index is 1270. The first-order valence-corrected chi connectivity index (χ1v) is 11.8. The Morgan fingerprint density at radius 2 is 2.00 bits per heavy atom. The first-order valence-electron chi connectivity index (χ1n) is 11.8. The van der Waals surface area contributed by atoms with Crippen LogP contribution in [-0.4, -0.2) is 40.8 Å². The summed E-state index contributed by atoms with van der Waals surface area (Å²) in [4.78, 5) is 14.4. The number of rotatable bonds is 7. The second-order valence-corrected chi connectivity index (χ2v) is 8.98. The van der Waals surface area contributed by atoms with Gasteiger partial charge >= 0.3 is 6.18 Å². The number of alkyl halides is 3. The molecule has 0 amide bonds. The Morgan fingerprint density at radius 3 is 2.73 bits per heavy atom. The fraction of sp³-hybridized carbons (Fsp3) is 0.400. The Labute approximate surface area is 211 Å². The monoisotopic (exact) mass is 517 g/mol. The van der Waals surface area contributed by atoms with Gasteiger partial charge in [-0.1, -0.05) is 19.9 Å². The molecule has 0 aliphatic carbocycles. The first kappa shape index (κ1) is 26.4. The maximum absolute atomic E-state index is 14.4. The van der Waals surface area contributed by atoms with Crippen LogP contribution in [0.3, 0.4) is 0 Å². The number of nitrogens with zero attached hydrogens (tertiary/aromatic N) is 6. The van der Waals surface area contributed by atoms with Crippen LogP contribution in [0.5, 0.6) is 0 Å². The summed E-state index contributed by atoms with van der Waals surface area (Å²) < 4.78 is 59.1. The Balaban J connectivity index is 1.41. The average Bonchev–Trinajstić information content (AvgIpc) is 2.86. The third-order valence-corrected chi connectivity index (χ3v) is 5.85. The van der Waals surface area contributed by atoms with Crippen molar-refractivity contribution in [1.82, 2.24) is 15.0 Å². The fourth-order valence-corrected chi connectivity index (χ4v) is 3.82. The zero-order chi connectivity index (χ0) is 26.6. The molecule has 0 saturated carbocycles. The molecule has 8 nitrogen and oxygen atoms in total. The molecule has 1 aromatic carbocycles. The van der Waals surface area contributed by atoms with Crippen LogP contribution in [0.25, 0.3) is 0 Å². The van der Waals surface area contributed by atoms with Gasteiger partial charge in [0.05, 0.1) is 41.5 Å². The highest BCUT2D eigenvalue weighted by molar-refractivity contribution is 5.62. The number of hydrogen-bond donors (Lipinski definition) is 1. The molecule has 1 unspecified atom stereocenters. The topological polar surface area (TPSA) is 87.9 Å². The van der Waals surface area contributed by atoms with Gasteiger partial charge in [0.1, 0.15) is 6.54 Å². The maximum atomic E-state index is 14.4. The highest BCUT2D eigenvalue weighted by atomic mass is 19.4. The smallest absolute Gasteiger partial charge is 0.374 e. The molecule has 1 saturated heterocycles. The van der Waals surface area contributed by atoms with Gasteiger partial charge in [0.2, 0.25) is 0 Å². The molecule has 1 aliphatic heterocycles. The molecule has 1 fully saturated rings. The zero-order valence-electron chi connectivity index (χ0n) is 20.6. The minimum absolute atomic E-state index is 0.0199.